The Balaban J connectivity index is 0.00000161. The van der Waals surface area contributed by atoms with Crippen molar-refractivity contribution in [3.8, 4) is 11.5 Å². The van der Waals surface area contributed by atoms with Crippen molar-refractivity contribution in [3.05, 3.63) is 52.8 Å². The highest BCUT2D eigenvalue weighted by Crippen LogP contribution is 2.26. The number of fused-ring (bicyclic) bond motifs is 1. The Morgan fingerprint density at radius 3 is 2.90 bits per heavy atom. The van der Waals surface area contributed by atoms with E-state index in [9.17, 15) is 10.1 Å². The van der Waals surface area contributed by atoms with Gasteiger partial charge in [0.25, 0.3) is 5.69 Å². The summed E-state index contributed by atoms with van der Waals surface area (Å²) >= 11 is 0. The zero-order valence-electron chi connectivity index (χ0n) is 11.2. The summed E-state index contributed by atoms with van der Waals surface area (Å²) in [5.74, 6) is 0.461. The molecule has 0 atom stereocenters. The van der Waals surface area contributed by atoms with Crippen LogP contribution in [0.1, 0.15) is 6.92 Å². The molecule has 0 radical (unpaired) electrons. The predicted molar refractivity (Wildman–Crippen MR) is 72.0 cm³/mol. The van der Waals surface area contributed by atoms with E-state index >= 15 is 0 Å². The van der Waals surface area contributed by atoms with E-state index in [-0.39, 0.29) is 29.7 Å². The van der Waals surface area contributed by atoms with Crippen molar-refractivity contribution in [1.82, 2.24) is 4.98 Å². The molecule has 0 saturated carbocycles. The number of nitrogens with zero attached hydrogens (tertiary/aromatic N) is 3. The fraction of sp³-hybridized carbons (Fsp3) is 0.143. The summed E-state index contributed by atoms with van der Waals surface area (Å²) in [6.07, 6.45) is 3.89. The minimum Gasteiger partial charge on any atom is -1.00 e. The number of hydrogen-bond donors (Lipinski definition) is 0. The van der Waals surface area contributed by atoms with E-state index in [0.717, 1.165) is 12.1 Å². The molecule has 0 aliphatic heterocycles. The molecule has 0 amide bonds. The van der Waals surface area contributed by atoms with Crippen LogP contribution in [0.2, 0.25) is 0 Å². The Labute approximate surface area is 137 Å². The Morgan fingerprint density at radius 1 is 1.38 bits per heavy atom. The number of oxazole rings is 1. The van der Waals surface area contributed by atoms with Crippen LogP contribution in [0.4, 0.5) is 5.69 Å². The fourth-order valence-corrected chi connectivity index (χ4v) is 2.00. The van der Waals surface area contributed by atoms with Crippen LogP contribution < -0.4 is 28.5 Å². The summed E-state index contributed by atoms with van der Waals surface area (Å²) < 4.78 is 7.62. The maximum Gasteiger partial charge on any atom is 0.273 e. The van der Waals surface area contributed by atoms with Gasteiger partial charge in [0.2, 0.25) is 5.89 Å². The molecule has 0 unspecified atom stereocenters. The number of halogens is 1. The van der Waals surface area contributed by atoms with Gasteiger partial charge in [-0.15, -0.1) is 0 Å². The van der Waals surface area contributed by atoms with Crippen molar-refractivity contribution in [2.75, 3.05) is 0 Å². The molecule has 0 bridgehead atoms. The maximum atomic E-state index is 10.7. The second-order valence-electron chi connectivity index (χ2n) is 4.35. The average molecular weight is 397 g/mol. The molecule has 7 heteroatoms. The number of rotatable bonds is 3. The van der Waals surface area contributed by atoms with E-state index < -0.39 is 4.92 Å². The number of nitro benzene ring substituents is 1. The Bertz CT molecular complexity index is 801. The van der Waals surface area contributed by atoms with Crippen molar-refractivity contribution in [2.45, 2.75) is 13.5 Å². The minimum atomic E-state index is -0.449. The first-order valence-electron chi connectivity index (χ1n) is 6.22. The van der Waals surface area contributed by atoms with Crippen LogP contribution in [0.5, 0.6) is 0 Å². The number of nitro groups is 1. The van der Waals surface area contributed by atoms with Crippen molar-refractivity contribution >= 4 is 16.8 Å². The van der Waals surface area contributed by atoms with Crippen LogP contribution in [-0.4, -0.2) is 9.91 Å². The Morgan fingerprint density at radius 2 is 2.19 bits per heavy atom. The maximum absolute atomic E-state index is 10.7. The summed E-state index contributed by atoms with van der Waals surface area (Å²) in [7, 11) is 0. The molecule has 21 heavy (non-hydrogen) atoms. The molecule has 0 spiro atoms. The van der Waals surface area contributed by atoms with Gasteiger partial charge in [-0.2, -0.15) is 0 Å². The lowest BCUT2D eigenvalue weighted by atomic mass is 10.3. The third-order valence-electron chi connectivity index (χ3n) is 3.05. The highest BCUT2D eigenvalue weighted by Gasteiger charge is 2.14. The number of pyridine rings is 1. The Hall–Kier alpha value is -2.03. The van der Waals surface area contributed by atoms with Crippen LogP contribution in [-0.2, 0) is 6.54 Å². The molecule has 0 N–H and O–H groups in total. The van der Waals surface area contributed by atoms with Gasteiger partial charge in [-0.25, -0.2) is 9.55 Å². The topological polar surface area (TPSA) is 73.0 Å². The average Bonchev–Trinajstić information content (AvgIpc) is 2.90. The van der Waals surface area contributed by atoms with Gasteiger partial charge in [0, 0.05) is 12.1 Å². The minimum absolute atomic E-state index is 0. The van der Waals surface area contributed by atoms with E-state index in [1.54, 1.807) is 6.07 Å². The van der Waals surface area contributed by atoms with Gasteiger partial charge in [-0.1, -0.05) is 0 Å². The van der Waals surface area contributed by atoms with E-state index in [1.807, 2.05) is 36.0 Å². The first-order chi connectivity index (χ1) is 9.67. The molecule has 0 fully saturated rings. The number of aryl methyl sites for hydroxylation is 1. The molecule has 6 nitrogen and oxygen atoms in total. The quantitative estimate of drug-likeness (QED) is 0.264. The van der Waals surface area contributed by atoms with Gasteiger partial charge in [0.1, 0.15) is 17.6 Å². The molecule has 0 aliphatic rings. The molecule has 2 heterocycles. The van der Waals surface area contributed by atoms with Gasteiger partial charge in [-0.3, -0.25) is 10.1 Å². The van der Waals surface area contributed by atoms with Crippen molar-refractivity contribution in [3.63, 3.8) is 0 Å². The first kappa shape index (κ1) is 15.4. The van der Waals surface area contributed by atoms with Crippen LogP contribution >= 0.6 is 0 Å². The largest absolute Gasteiger partial charge is 1.00 e. The second kappa shape index (κ2) is 6.17. The number of hydrogen-bond acceptors (Lipinski definition) is 4. The second-order valence-corrected chi connectivity index (χ2v) is 4.35. The fourth-order valence-electron chi connectivity index (χ4n) is 2.00. The summed E-state index contributed by atoms with van der Waals surface area (Å²) in [6.45, 7) is 2.89. The lowest BCUT2D eigenvalue weighted by Crippen LogP contribution is -3.00. The first-order valence-corrected chi connectivity index (χ1v) is 6.22. The van der Waals surface area contributed by atoms with Gasteiger partial charge >= 0.3 is 0 Å². The number of non-ortho nitro benzene ring substituents is 1. The summed E-state index contributed by atoms with van der Waals surface area (Å²) in [6, 6.07) is 8.22. The van der Waals surface area contributed by atoms with Crippen LogP contribution in [0.3, 0.4) is 0 Å². The van der Waals surface area contributed by atoms with Crippen LogP contribution in [0.25, 0.3) is 22.6 Å². The normalized spacial score (nSPS) is 10.3. The van der Waals surface area contributed by atoms with Crippen molar-refractivity contribution in [1.29, 1.82) is 0 Å². The van der Waals surface area contributed by atoms with Crippen LogP contribution in [0, 0.1) is 10.1 Å². The Kier molecular flexibility index (Phi) is 4.51. The molecule has 0 aliphatic carbocycles. The third-order valence-corrected chi connectivity index (χ3v) is 3.05. The summed E-state index contributed by atoms with van der Waals surface area (Å²) in [5.41, 5.74) is 1.86. The summed E-state index contributed by atoms with van der Waals surface area (Å²) in [4.78, 5) is 14.7. The number of benzene rings is 1. The van der Waals surface area contributed by atoms with Gasteiger partial charge in [0.15, 0.2) is 18.0 Å². The van der Waals surface area contributed by atoms with E-state index in [4.69, 9.17) is 4.42 Å². The van der Waals surface area contributed by atoms with Crippen molar-refractivity contribution in [2.24, 2.45) is 0 Å². The van der Waals surface area contributed by atoms with Crippen LogP contribution in [0.15, 0.2) is 47.1 Å². The van der Waals surface area contributed by atoms with E-state index in [0.29, 0.717) is 17.0 Å². The highest BCUT2D eigenvalue weighted by atomic mass is 127. The molecular weight excluding hydrogens is 385 g/mol. The van der Waals surface area contributed by atoms with Gasteiger partial charge in [-0.05, 0) is 19.1 Å². The summed E-state index contributed by atoms with van der Waals surface area (Å²) in [5, 5.41) is 10.7. The molecular formula is C14H12IN3O3. The molecule has 3 rings (SSSR count). The van der Waals surface area contributed by atoms with E-state index in [2.05, 4.69) is 4.98 Å². The van der Waals surface area contributed by atoms with E-state index in [1.165, 1.54) is 12.1 Å². The highest BCUT2D eigenvalue weighted by molar-refractivity contribution is 5.78. The van der Waals surface area contributed by atoms with Crippen molar-refractivity contribution < 1.29 is 37.9 Å². The molecule has 0 saturated heterocycles. The smallest absolute Gasteiger partial charge is 0.273 e. The molecule has 2 aromatic heterocycles. The zero-order valence-corrected chi connectivity index (χ0v) is 13.4. The molecule has 1 aromatic carbocycles. The zero-order chi connectivity index (χ0) is 14.1. The predicted octanol–water partition coefficient (Wildman–Crippen LogP) is -0.286. The van der Waals surface area contributed by atoms with Gasteiger partial charge < -0.3 is 28.4 Å². The standard InChI is InChI=1S/C14H12N3O3.HI/c1-2-16-7-3-4-10(9-16)14-15-12-6-5-11(17(18)19)8-13(12)20-14;/h3-9H,2H2,1H3;1H/q+1;/p-1. The monoisotopic (exact) mass is 397 g/mol. The lowest BCUT2D eigenvalue weighted by Gasteiger charge is -1.94. The molecule has 3 aromatic rings. The SMILES string of the molecule is CC[n+]1cccc(-c2nc3ccc([N+](=O)[O-])cc3o2)c1.[I-]. The van der Waals surface area contributed by atoms with Gasteiger partial charge in [0.05, 0.1) is 11.0 Å². The lowest BCUT2D eigenvalue weighted by molar-refractivity contribution is -0.693. The molecule has 108 valence electrons. The third kappa shape index (κ3) is 3.02. The number of aromatic nitrogens is 2.